The third-order valence-electron chi connectivity index (χ3n) is 2.76. The highest BCUT2D eigenvalue weighted by atomic mass is 35.5. The van der Waals surface area contributed by atoms with E-state index in [1.807, 2.05) is 0 Å². The van der Waals surface area contributed by atoms with Crippen LogP contribution in [-0.4, -0.2) is 10.7 Å². The first-order valence-electron chi connectivity index (χ1n) is 5.54. The molecule has 5 heteroatoms. The predicted molar refractivity (Wildman–Crippen MR) is 73.5 cm³/mol. The highest BCUT2D eigenvalue weighted by molar-refractivity contribution is 6.30. The van der Waals surface area contributed by atoms with Crippen molar-refractivity contribution in [2.45, 2.75) is 6.92 Å². The summed E-state index contributed by atoms with van der Waals surface area (Å²) in [6.07, 6.45) is 0. The quantitative estimate of drug-likeness (QED) is 0.481. The van der Waals surface area contributed by atoms with Gasteiger partial charge < -0.3 is 0 Å². The van der Waals surface area contributed by atoms with Gasteiger partial charge in [0.15, 0.2) is 5.78 Å². The van der Waals surface area contributed by atoms with Crippen molar-refractivity contribution in [3.05, 3.63) is 63.2 Å². The molecule has 0 saturated carbocycles. The van der Waals surface area contributed by atoms with Crippen LogP contribution in [0.4, 0.5) is 5.69 Å². The number of Topliss-reactive ketones (excluding diaryl/α,β-unsaturated/α-hetero) is 1. The van der Waals surface area contributed by atoms with Gasteiger partial charge in [-0.1, -0.05) is 29.8 Å². The second-order valence-corrected chi connectivity index (χ2v) is 4.49. The summed E-state index contributed by atoms with van der Waals surface area (Å²) in [4.78, 5) is 21.9. The van der Waals surface area contributed by atoms with Crippen LogP contribution in [0.25, 0.3) is 11.1 Å². The molecule has 2 aromatic rings. The highest BCUT2D eigenvalue weighted by Gasteiger charge is 2.17. The van der Waals surface area contributed by atoms with Crippen LogP contribution in [0.2, 0.25) is 5.02 Å². The number of nitro groups is 1. The van der Waals surface area contributed by atoms with Gasteiger partial charge in [-0.25, -0.2) is 0 Å². The Morgan fingerprint density at radius 3 is 2.32 bits per heavy atom. The summed E-state index contributed by atoms with van der Waals surface area (Å²) in [5.41, 5.74) is 1.39. The predicted octanol–water partition coefficient (Wildman–Crippen LogP) is 4.12. The minimum Gasteiger partial charge on any atom is -0.295 e. The number of nitro benzene ring substituents is 1. The topological polar surface area (TPSA) is 60.2 Å². The highest BCUT2D eigenvalue weighted by Crippen LogP contribution is 2.31. The van der Waals surface area contributed by atoms with Gasteiger partial charge in [-0.3, -0.25) is 14.9 Å². The normalized spacial score (nSPS) is 10.2. The van der Waals surface area contributed by atoms with E-state index in [4.69, 9.17) is 11.6 Å². The van der Waals surface area contributed by atoms with Crippen molar-refractivity contribution < 1.29 is 9.72 Å². The minimum absolute atomic E-state index is 0.0879. The van der Waals surface area contributed by atoms with Crippen molar-refractivity contribution in [3.8, 4) is 11.1 Å². The van der Waals surface area contributed by atoms with Crippen LogP contribution in [0, 0.1) is 10.1 Å². The Labute approximate surface area is 114 Å². The molecule has 0 bridgehead atoms. The summed E-state index contributed by atoms with van der Waals surface area (Å²) < 4.78 is 0. The van der Waals surface area contributed by atoms with Crippen molar-refractivity contribution in [2.24, 2.45) is 0 Å². The number of carbonyl (C=O) groups is 1. The van der Waals surface area contributed by atoms with Crippen molar-refractivity contribution in [3.63, 3.8) is 0 Å². The molecule has 4 nitrogen and oxygen atoms in total. The van der Waals surface area contributed by atoms with Crippen molar-refractivity contribution in [1.82, 2.24) is 0 Å². The first-order valence-corrected chi connectivity index (χ1v) is 5.92. The minimum atomic E-state index is -0.490. The van der Waals surface area contributed by atoms with Crippen LogP contribution in [0.15, 0.2) is 42.5 Å². The van der Waals surface area contributed by atoms with Crippen LogP contribution in [0.5, 0.6) is 0 Å². The summed E-state index contributed by atoms with van der Waals surface area (Å²) >= 11 is 5.79. The molecule has 0 aliphatic carbocycles. The SMILES string of the molecule is CC(=O)c1ccc(-c2ccc(Cl)cc2)c([N+](=O)[O-])c1. The fraction of sp³-hybridized carbons (Fsp3) is 0.0714. The van der Waals surface area contributed by atoms with Gasteiger partial charge in [-0.2, -0.15) is 0 Å². The Morgan fingerprint density at radius 2 is 1.79 bits per heavy atom. The lowest BCUT2D eigenvalue weighted by Crippen LogP contribution is -1.97. The zero-order valence-corrected chi connectivity index (χ0v) is 10.8. The average molecular weight is 276 g/mol. The van der Waals surface area contributed by atoms with E-state index >= 15 is 0 Å². The fourth-order valence-corrected chi connectivity index (χ4v) is 1.90. The molecule has 0 heterocycles. The van der Waals surface area contributed by atoms with E-state index in [0.29, 0.717) is 21.7 Å². The van der Waals surface area contributed by atoms with Gasteiger partial charge in [0.05, 0.1) is 10.5 Å². The molecule has 2 aromatic carbocycles. The molecule has 19 heavy (non-hydrogen) atoms. The Morgan fingerprint density at radius 1 is 1.16 bits per heavy atom. The third kappa shape index (κ3) is 2.80. The molecule has 0 fully saturated rings. The molecule has 0 radical (unpaired) electrons. The van der Waals surface area contributed by atoms with E-state index < -0.39 is 4.92 Å². The van der Waals surface area contributed by atoms with Crippen molar-refractivity contribution in [2.75, 3.05) is 0 Å². The van der Waals surface area contributed by atoms with Gasteiger partial charge in [0.2, 0.25) is 0 Å². The summed E-state index contributed by atoms with van der Waals surface area (Å²) in [6.45, 7) is 1.38. The number of hydrogen-bond donors (Lipinski definition) is 0. The largest absolute Gasteiger partial charge is 0.295 e. The molecule has 0 amide bonds. The van der Waals surface area contributed by atoms with E-state index in [9.17, 15) is 14.9 Å². The molecule has 0 aliphatic rings. The molecule has 0 aromatic heterocycles. The van der Waals surface area contributed by atoms with E-state index in [0.717, 1.165) is 0 Å². The number of carbonyl (C=O) groups excluding carboxylic acids is 1. The van der Waals surface area contributed by atoms with Gasteiger partial charge in [-0.05, 0) is 30.7 Å². The van der Waals surface area contributed by atoms with E-state index in [1.165, 1.54) is 13.0 Å². The second kappa shape index (κ2) is 5.20. The Bertz CT molecular complexity index is 650. The number of halogens is 1. The molecule has 0 unspecified atom stereocenters. The maximum Gasteiger partial charge on any atom is 0.277 e. The Balaban J connectivity index is 2.59. The molecular weight excluding hydrogens is 266 g/mol. The van der Waals surface area contributed by atoms with Gasteiger partial charge in [0.1, 0.15) is 0 Å². The van der Waals surface area contributed by atoms with E-state index in [-0.39, 0.29) is 11.5 Å². The smallest absolute Gasteiger partial charge is 0.277 e. The molecule has 0 spiro atoms. The van der Waals surface area contributed by atoms with Gasteiger partial charge in [-0.15, -0.1) is 0 Å². The van der Waals surface area contributed by atoms with Crippen LogP contribution in [0.3, 0.4) is 0 Å². The number of nitrogens with zero attached hydrogens (tertiary/aromatic N) is 1. The fourth-order valence-electron chi connectivity index (χ4n) is 1.78. The standard InChI is InChI=1S/C14H10ClNO3/c1-9(17)11-4-7-13(14(8-11)16(18)19)10-2-5-12(15)6-3-10/h2-8H,1H3. The molecular formula is C14H10ClNO3. The monoisotopic (exact) mass is 275 g/mol. The van der Waals surface area contributed by atoms with Crippen LogP contribution < -0.4 is 0 Å². The van der Waals surface area contributed by atoms with Gasteiger partial charge in [0.25, 0.3) is 5.69 Å². The lowest BCUT2D eigenvalue weighted by molar-refractivity contribution is -0.384. The van der Waals surface area contributed by atoms with E-state index in [1.54, 1.807) is 36.4 Å². The summed E-state index contributed by atoms with van der Waals surface area (Å²) in [5, 5.41) is 11.7. The molecule has 0 aliphatic heterocycles. The van der Waals surface area contributed by atoms with Crippen molar-refractivity contribution >= 4 is 23.1 Å². The number of benzene rings is 2. The summed E-state index contributed by atoms with van der Waals surface area (Å²) in [6, 6.07) is 11.2. The lowest BCUT2D eigenvalue weighted by atomic mass is 10.0. The number of hydrogen-bond acceptors (Lipinski definition) is 3. The average Bonchev–Trinajstić information content (AvgIpc) is 2.38. The maximum absolute atomic E-state index is 11.3. The Hall–Kier alpha value is -2.20. The Kier molecular flexibility index (Phi) is 3.62. The molecule has 0 saturated heterocycles. The summed E-state index contributed by atoms with van der Waals surface area (Å²) in [5.74, 6) is -0.203. The molecule has 96 valence electrons. The second-order valence-electron chi connectivity index (χ2n) is 4.05. The first kappa shape index (κ1) is 13.2. The first-order chi connectivity index (χ1) is 8.99. The lowest BCUT2D eigenvalue weighted by Gasteiger charge is -2.05. The molecule has 0 atom stereocenters. The third-order valence-corrected chi connectivity index (χ3v) is 3.01. The number of ketones is 1. The number of rotatable bonds is 3. The zero-order chi connectivity index (χ0) is 14.0. The maximum atomic E-state index is 11.3. The van der Waals surface area contributed by atoms with Crippen molar-refractivity contribution in [1.29, 1.82) is 0 Å². The van der Waals surface area contributed by atoms with Gasteiger partial charge >= 0.3 is 0 Å². The van der Waals surface area contributed by atoms with E-state index in [2.05, 4.69) is 0 Å². The molecule has 0 N–H and O–H groups in total. The zero-order valence-electron chi connectivity index (χ0n) is 10.1. The van der Waals surface area contributed by atoms with Gasteiger partial charge in [0, 0.05) is 16.7 Å². The van der Waals surface area contributed by atoms with Crippen LogP contribution in [0.1, 0.15) is 17.3 Å². The van der Waals surface area contributed by atoms with Crippen LogP contribution in [-0.2, 0) is 0 Å². The summed E-state index contributed by atoms with van der Waals surface area (Å²) in [7, 11) is 0. The van der Waals surface area contributed by atoms with Crippen LogP contribution >= 0.6 is 11.6 Å². The molecule has 2 rings (SSSR count).